The summed E-state index contributed by atoms with van der Waals surface area (Å²) < 4.78 is 6.46. The van der Waals surface area contributed by atoms with Crippen LogP contribution in [0.25, 0.3) is 55.0 Å². The first-order valence-electron chi connectivity index (χ1n) is 12.2. The fourth-order valence-electron chi connectivity index (χ4n) is 5.15. The van der Waals surface area contributed by atoms with Crippen molar-refractivity contribution in [2.75, 3.05) is 5.32 Å². The fraction of sp³-hybridized carbons (Fsp3) is 0. The van der Waals surface area contributed by atoms with E-state index in [0.29, 0.717) is 0 Å². The molecule has 0 saturated carbocycles. The van der Waals surface area contributed by atoms with Gasteiger partial charge in [-0.25, -0.2) is 0 Å². The van der Waals surface area contributed by atoms with E-state index < -0.39 is 0 Å². The van der Waals surface area contributed by atoms with Gasteiger partial charge in [-0.05, 0) is 51.7 Å². The van der Waals surface area contributed by atoms with Crippen molar-refractivity contribution >= 4 is 44.1 Å². The zero-order valence-electron chi connectivity index (χ0n) is 19.6. The third kappa shape index (κ3) is 3.43. The monoisotopic (exact) mass is 461 g/mol. The molecule has 0 aliphatic heterocycles. The molecule has 2 nitrogen and oxygen atoms in total. The van der Waals surface area contributed by atoms with Gasteiger partial charge in [-0.1, -0.05) is 109 Å². The maximum absolute atomic E-state index is 6.46. The lowest BCUT2D eigenvalue weighted by molar-refractivity contribution is 0.670. The van der Waals surface area contributed by atoms with Crippen LogP contribution in [-0.2, 0) is 0 Å². The van der Waals surface area contributed by atoms with E-state index in [1.165, 1.54) is 27.5 Å². The number of hydrogen-bond donors (Lipinski definition) is 1. The normalized spacial score (nSPS) is 11.3. The predicted octanol–water partition coefficient (Wildman–Crippen LogP) is 9.82. The molecule has 0 fully saturated rings. The summed E-state index contributed by atoms with van der Waals surface area (Å²) in [6.07, 6.45) is 0. The van der Waals surface area contributed by atoms with Crippen LogP contribution in [0.5, 0.6) is 0 Å². The van der Waals surface area contributed by atoms with E-state index >= 15 is 0 Å². The molecule has 36 heavy (non-hydrogen) atoms. The van der Waals surface area contributed by atoms with Crippen molar-refractivity contribution in [2.45, 2.75) is 0 Å². The molecule has 0 amide bonds. The Morgan fingerprint density at radius 1 is 0.472 bits per heavy atom. The Balaban J connectivity index is 1.36. The van der Waals surface area contributed by atoms with Gasteiger partial charge < -0.3 is 9.73 Å². The van der Waals surface area contributed by atoms with E-state index in [9.17, 15) is 0 Å². The predicted molar refractivity (Wildman–Crippen MR) is 152 cm³/mol. The molecule has 6 aromatic carbocycles. The van der Waals surface area contributed by atoms with E-state index in [1.807, 2.05) is 6.07 Å². The summed E-state index contributed by atoms with van der Waals surface area (Å²) in [5.74, 6) is 0. The minimum atomic E-state index is 0.865. The maximum Gasteiger partial charge on any atom is 0.158 e. The highest BCUT2D eigenvalue weighted by molar-refractivity contribution is 6.15. The Labute approximate surface area is 209 Å². The van der Waals surface area contributed by atoms with Crippen molar-refractivity contribution in [3.8, 4) is 22.3 Å². The summed E-state index contributed by atoms with van der Waals surface area (Å²) in [4.78, 5) is 0. The zero-order valence-corrected chi connectivity index (χ0v) is 19.6. The zero-order chi connectivity index (χ0) is 23.9. The third-order valence-electron chi connectivity index (χ3n) is 6.86. The molecule has 0 saturated heterocycles. The molecule has 0 atom stereocenters. The molecule has 1 heterocycles. The summed E-state index contributed by atoms with van der Waals surface area (Å²) in [6.45, 7) is 0. The van der Waals surface area contributed by atoms with Crippen molar-refractivity contribution in [3.63, 3.8) is 0 Å². The largest absolute Gasteiger partial charge is 0.454 e. The van der Waals surface area contributed by atoms with Crippen LogP contribution in [0.3, 0.4) is 0 Å². The van der Waals surface area contributed by atoms with Crippen molar-refractivity contribution in [1.29, 1.82) is 0 Å². The fourth-order valence-corrected chi connectivity index (χ4v) is 5.15. The quantitative estimate of drug-likeness (QED) is 0.282. The third-order valence-corrected chi connectivity index (χ3v) is 6.86. The van der Waals surface area contributed by atoms with Gasteiger partial charge in [0.05, 0.1) is 5.69 Å². The SMILES string of the molecule is c1ccc(-c2cccc3oc4c(Nc5ccccc5-c5ccc6ccccc6c5)cccc4c23)cc1. The van der Waals surface area contributed by atoms with Gasteiger partial charge in [-0.2, -0.15) is 0 Å². The van der Waals surface area contributed by atoms with E-state index in [1.54, 1.807) is 0 Å². The van der Waals surface area contributed by atoms with Crippen molar-refractivity contribution in [1.82, 2.24) is 0 Å². The van der Waals surface area contributed by atoms with Gasteiger partial charge in [-0.3, -0.25) is 0 Å². The number of furan rings is 1. The topological polar surface area (TPSA) is 25.2 Å². The molecule has 0 bridgehead atoms. The summed E-state index contributed by atoms with van der Waals surface area (Å²) in [5.41, 5.74) is 8.46. The van der Waals surface area contributed by atoms with Crippen molar-refractivity contribution in [2.24, 2.45) is 0 Å². The second-order valence-corrected chi connectivity index (χ2v) is 9.06. The van der Waals surface area contributed by atoms with E-state index in [4.69, 9.17) is 4.42 Å². The van der Waals surface area contributed by atoms with Crippen LogP contribution >= 0.6 is 0 Å². The molecule has 0 aliphatic carbocycles. The first-order valence-corrected chi connectivity index (χ1v) is 12.2. The average Bonchev–Trinajstić information content (AvgIpc) is 3.34. The first kappa shape index (κ1) is 20.5. The molecule has 2 heteroatoms. The molecule has 0 unspecified atom stereocenters. The van der Waals surface area contributed by atoms with Crippen LogP contribution in [0.15, 0.2) is 138 Å². The van der Waals surface area contributed by atoms with Gasteiger partial charge in [0.1, 0.15) is 5.58 Å². The highest BCUT2D eigenvalue weighted by atomic mass is 16.3. The van der Waals surface area contributed by atoms with Gasteiger partial charge >= 0.3 is 0 Å². The van der Waals surface area contributed by atoms with Crippen LogP contribution in [0.2, 0.25) is 0 Å². The molecular weight excluding hydrogens is 438 g/mol. The Hall–Kier alpha value is -4.82. The average molecular weight is 462 g/mol. The number of nitrogens with one attached hydrogen (secondary N) is 1. The second-order valence-electron chi connectivity index (χ2n) is 9.06. The molecule has 0 aliphatic rings. The Morgan fingerprint density at radius 3 is 2.11 bits per heavy atom. The summed E-state index contributed by atoms with van der Waals surface area (Å²) in [5, 5.41) is 8.42. The van der Waals surface area contributed by atoms with Crippen LogP contribution in [-0.4, -0.2) is 0 Å². The highest BCUT2D eigenvalue weighted by Crippen LogP contribution is 2.41. The number of para-hydroxylation sites is 2. The van der Waals surface area contributed by atoms with Crippen LogP contribution in [0, 0.1) is 0 Å². The molecular formula is C34H23NO. The standard InChI is InChI=1S/C34H23NO/c1-2-11-24(12-3-1)28-15-9-19-32-33(28)29-16-8-18-31(34(29)36-32)35-30-17-7-6-14-27(30)26-21-20-23-10-4-5-13-25(23)22-26/h1-22,35H. The van der Waals surface area contributed by atoms with E-state index in [0.717, 1.165) is 38.9 Å². The Bertz CT molecular complexity index is 1860. The smallest absolute Gasteiger partial charge is 0.158 e. The highest BCUT2D eigenvalue weighted by Gasteiger charge is 2.16. The minimum Gasteiger partial charge on any atom is -0.454 e. The van der Waals surface area contributed by atoms with E-state index in [-0.39, 0.29) is 0 Å². The number of hydrogen-bond acceptors (Lipinski definition) is 2. The number of benzene rings is 6. The summed E-state index contributed by atoms with van der Waals surface area (Å²) in [6, 6.07) is 46.7. The van der Waals surface area contributed by atoms with Gasteiger partial charge in [0.2, 0.25) is 0 Å². The lowest BCUT2D eigenvalue weighted by atomic mass is 9.99. The molecule has 7 rings (SSSR count). The molecule has 0 spiro atoms. The van der Waals surface area contributed by atoms with Crippen molar-refractivity contribution in [3.05, 3.63) is 133 Å². The molecule has 0 radical (unpaired) electrons. The lowest BCUT2D eigenvalue weighted by Gasteiger charge is -2.13. The Kier molecular flexibility index (Phi) is 4.82. The molecule has 1 aromatic heterocycles. The molecule has 1 N–H and O–H groups in total. The van der Waals surface area contributed by atoms with Crippen LogP contribution in [0.1, 0.15) is 0 Å². The first-order chi connectivity index (χ1) is 17.8. The number of anilines is 2. The molecule has 170 valence electrons. The number of rotatable bonds is 4. The van der Waals surface area contributed by atoms with Crippen LogP contribution < -0.4 is 5.32 Å². The van der Waals surface area contributed by atoms with Gasteiger partial charge in [-0.15, -0.1) is 0 Å². The van der Waals surface area contributed by atoms with Gasteiger partial charge in [0, 0.05) is 22.0 Å². The maximum atomic E-state index is 6.46. The van der Waals surface area contributed by atoms with Crippen molar-refractivity contribution < 1.29 is 4.42 Å². The summed E-state index contributed by atoms with van der Waals surface area (Å²) in [7, 11) is 0. The number of fused-ring (bicyclic) bond motifs is 4. The lowest BCUT2D eigenvalue weighted by Crippen LogP contribution is -1.93. The summed E-state index contributed by atoms with van der Waals surface area (Å²) >= 11 is 0. The van der Waals surface area contributed by atoms with Gasteiger partial charge in [0.25, 0.3) is 0 Å². The van der Waals surface area contributed by atoms with Crippen LogP contribution in [0.4, 0.5) is 11.4 Å². The van der Waals surface area contributed by atoms with Gasteiger partial charge in [0.15, 0.2) is 5.58 Å². The minimum absolute atomic E-state index is 0.865. The Morgan fingerprint density at radius 2 is 1.19 bits per heavy atom. The second kappa shape index (κ2) is 8.44. The van der Waals surface area contributed by atoms with E-state index in [2.05, 4.69) is 133 Å². The molecule has 7 aromatic rings.